The van der Waals surface area contributed by atoms with Crippen molar-refractivity contribution in [3.05, 3.63) is 12.2 Å². The second kappa shape index (κ2) is 3.05. The van der Waals surface area contributed by atoms with Crippen LogP contribution in [-0.2, 0) is 9.53 Å². The van der Waals surface area contributed by atoms with E-state index < -0.39 is 5.97 Å². The van der Waals surface area contributed by atoms with Gasteiger partial charge in [-0.1, -0.05) is 12.2 Å². The van der Waals surface area contributed by atoms with Crippen molar-refractivity contribution < 1.29 is 14.6 Å². The fourth-order valence-electron chi connectivity index (χ4n) is 1.33. The maximum atomic E-state index is 10.6. The minimum absolute atomic E-state index is 0.271. The lowest BCUT2D eigenvalue weighted by atomic mass is 9.97. The number of rotatable bonds is 2. The normalized spacial score (nSPS) is 30.3. The monoisotopic (exact) mass is 156 g/mol. The zero-order chi connectivity index (χ0) is 8.43. The smallest absolute Gasteiger partial charge is 0.309 e. The highest BCUT2D eigenvalue weighted by Gasteiger charge is 2.34. The number of hydrogen-bond acceptors (Lipinski definition) is 2. The van der Waals surface area contributed by atoms with E-state index in [1.54, 1.807) is 6.92 Å². The third kappa shape index (κ3) is 1.60. The first-order valence-electron chi connectivity index (χ1n) is 3.62. The lowest BCUT2D eigenvalue weighted by molar-refractivity contribution is -0.142. The van der Waals surface area contributed by atoms with Gasteiger partial charge in [-0.25, -0.2) is 0 Å². The molecule has 0 aromatic rings. The quantitative estimate of drug-likeness (QED) is 0.608. The van der Waals surface area contributed by atoms with Gasteiger partial charge in [0.2, 0.25) is 0 Å². The fraction of sp³-hybridized carbons (Fsp3) is 0.625. The van der Waals surface area contributed by atoms with Crippen LogP contribution in [0.5, 0.6) is 0 Å². The van der Waals surface area contributed by atoms with Gasteiger partial charge in [0.15, 0.2) is 0 Å². The Balaban J connectivity index is 2.65. The molecule has 0 spiro atoms. The van der Waals surface area contributed by atoms with Crippen LogP contribution in [0.25, 0.3) is 0 Å². The van der Waals surface area contributed by atoms with Crippen molar-refractivity contribution >= 4 is 5.97 Å². The van der Waals surface area contributed by atoms with E-state index in [2.05, 4.69) is 6.58 Å². The van der Waals surface area contributed by atoms with E-state index in [-0.39, 0.29) is 12.0 Å². The molecule has 1 heterocycles. The summed E-state index contributed by atoms with van der Waals surface area (Å²) in [6.45, 7) is 6.02. The zero-order valence-electron chi connectivity index (χ0n) is 6.54. The van der Waals surface area contributed by atoms with Crippen molar-refractivity contribution in [2.45, 2.75) is 19.4 Å². The van der Waals surface area contributed by atoms with Crippen LogP contribution in [0.4, 0.5) is 0 Å². The Kier molecular flexibility index (Phi) is 2.29. The van der Waals surface area contributed by atoms with Crippen LogP contribution in [0.2, 0.25) is 0 Å². The van der Waals surface area contributed by atoms with Crippen LogP contribution < -0.4 is 0 Å². The molecular formula is C8H12O3. The first-order valence-corrected chi connectivity index (χ1v) is 3.62. The first kappa shape index (κ1) is 8.27. The predicted molar refractivity (Wildman–Crippen MR) is 40.3 cm³/mol. The van der Waals surface area contributed by atoms with Gasteiger partial charge < -0.3 is 9.84 Å². The molecule has 0 amide bonds. The summed E-state index contributed by atoms with van der Waals surface area (Å²) >= 11 is 0. The Hall–Kier alpha value is -0.830. The molecule has 0 aromatic heterocycles. The van der Waals surface area contributed by atoms with Crippen molar-refractivity contribution in [1.82, 2.24) is 0 Å². The molecule has 2 unspecified atom stereocenters. The van der Waals surface area contributed by atoms with E-state index in [4.69, 9.17) is 9.84 Å². The Morgan fingerprint density at radius 1 is 1.73 bits per heavy atom. The molecule has 0 saturated carbocycles. The van der Waals surface area contributed by atoms with Gasteiger partial charge in [0.1, 0.15) is 0 Å². The molecule has 1 saturated heterocycles. The van der Waals surface area contributed by atoms with Crippen LogP contribution in [0.1, 0.15) is 13.3 Å². The molecule has 0 bridgehead atoms. The Morgan fingerprint density at radius 3 is 2.73 bits per heavy atom. The molecule has 1 rings (SSSR count). The summed E-state index contributed by atoms with van der Waals surface area (Å²) in [5, 5.41) is 8.71. The minimum Gasteiger partial charge on any atom is -0.481 e. The van der Waals surface area contributed by atoms with Crippen LogP contribution in [0.3, 0.4) is 0 Å². The molecule has 62 valence electrons. The molecule has 1 fully saturated rings. The average Bonchev–Trinajstić information content (AvgIpc) is 2.32. The molecule has 3 nitrogen and oxygen atoms in total. The van der Waals surface area contributed by atoms with Gasteiger partial charge >= 0.3 is 5.97 Å². The van der Waals surface area contributed by atoms with E-state index in [9.17, 15) is 4.79 Å². The number of carbonyl (C=O) groups is 1. The van der Waals surface area contributed by atoms with Crippen LogP contribution in [0, 0.1) is 5.92 Å². The summed E-state index contributed by atoms with van der Waals surface area (Å²) in [4.78, 5) is 10.6. The highest BCUT2D eigenvalue weighted by atomic mass is 16.5. The van der Waals surface area contributed by atoms with Crippen molar-refractivity contribution in [2.75, 3.05) is 6.61 Å². The molecule has 3 heteroatoms. The second-order valence-electron chi connectivity index (χ2n) is 2.87. The summed E-state index contributed by atoms with van der Waals surface area (Å²) in [6.07, 6.45) is 0.333. The topological polar surface area (TPSA) is 46.5 Å². The molecule has 1 N–H and O–H groups in total. The van der Waals surface area contributed by atoms with Crippen LogP contribution in [-0.4, -0.2) is 23.8 Å². The van der Waals surface area contributed by atoms with Crippen molar-refractivity contribution in [3.63, 3.8) is 0 Å². The van der Waals surface area contributed by atoms with E-state index in [0.29, 0.717) is 13.0 Å². The summed E-state index contributed by atoms with van der Waals surface area (Å²) in [5.74, 6) is -1.16. The number of carboxylic acid groups (broad SMARTS) is 1. The Bertz CT molecular complexity index is 166. The number of ether oxygens (including phenoxy) is 1. The third-order valence-corrected chi connectivity index (χ3v) is 1.89. The van der Waals surface area contributed by atoms with Crippen molar-refractivity contribution in [1.29, 1.82) is 0 Å². The number of carboxylic acids is 1. The molecule has 0 radical (unpaired) electrons. The summed E-state index contributed by atoms with van der Waals surface area (Å²) in [6, 6.07) is 0. The van der Waals surface area contributed by atoms with E-state index in [1.807, 2.05) is 0 Å². The average molecular weight is 156 g/mol. The highest BCUT2D eigenvalue weighted by Crippen LogP contribution is 2.25. The van der Waals surface area contributed by atoms with Crippen molar-refractivity contribution in [3.8, 4) is 0 Å². The van der Waals surface area contributed by atoms with Gasteiger partial charge in [0.25, 0.3) is 0 Å². The van der Waals surface area contributed by atoms with Gasteiger partial charge in [-0.15, -0.1) is 0 Å². The molecule has 0 aromatic carbocycles. The molecule has 1 aliphatic heterocycles. The van der Waals surface area contributed by atoms with E-state index in [0.717, 1.165) is 5.57 Å². The van der Waals surface area contributed by atoms with Gasteiger partial charge in [-0.3, -0.25) is 4.79 Å². The zero-order valence-corrected chi connectivity index (χ0v) is 6.54. The van der Waals surface area contributed by atoms with Crippen LogP contribution >= 0.6 is 0 Å². The van der Waals surface area contributed by atoms with E-state index >= 15 is 0 Å². The van der Waals surface area contributed by atoms with Gasteiger partial charge in [-0.05, 0) is 13.3 Å². The lowest BCUT2D eigenvalue weighted by Crippen LogP contribution is -2.24. The summed E-state index contributed by atoms with van der Waals surface area (Å²) < 4.78 is 5.21. The fourth-order valence-corrected chi connectivity index (χ4v) is 1.33. The highest BCUT2D eigenvalue weighted by molar-refractivity contribution is 5.71. The van der Waals surface area contributed by atoms with Gasteiger partial charge in [-0.2, -0.15) is 0 Å². The third-order valence-electron chi connectivity index (χ3n) is 1.89. The summed E-state index contributed by atoms with van der Waals surface area (Å²) in [7, 11) is 0. The molecule has 2 atom stereocenters. The minimum atomic E-state index is -0.782. The van der Waals surface area contributed by atoms with Gasteiger partial charge in [0, 0.05) is 6.61 Å². The molecule has 1 aliphatic rings. The van der Waals surface area contributed by atoms with Crippen LogP contribution in [0.15, 0.2) is 12.2 Å². The number of hydrogen-bond donors (Lipinski definition) is 1. The van der Waals surface area contributed by atoms with Gasteiger partial charge in [0.05, 0.1) is 12.0 Å². The van der Waals surface area contributed by atoms with E-state index in [1.165, 1.54) is 0 Å². The predicted octanol–water partition coefficient (Wildman–Crippen LogP) is 1.05. The molecule has 11 heavy (non-hydrogen) atoms. The molecular weight excluding hydrogens is 144 g/mol. The Labute approximate surface area is 65.7 Å². The largest absolute Gasteiger partial charge is 0.481 e. The summed E-state index contributed by atoms with van der Waals surface area (Å²) in [5.41, 5.74) is 0.801. The maximum Gasteiger partial charge on any atom is 0.309 e. The standard InChI is InChI=1S/C8H12O3/c1-5(2)7-6(8(9)10)3-4-11-7/h6-7H,1,3-4H2,2H3,(H,9,10). The maximum absolute atomic E-state index is 10.6. The molecule has 0 aliphatic carbocycles. The number of aliphatic carboxylic acids is 1. The second-order valence-corrected chi connectivity index (χ2v) is 2.87. The van der Waals surface area contributed by atoms with Crippen molar-refractivity contribution in [2.24, 2.45) is 5.92 Å². The first-order chi connectivity index (χ1) is 5.13. The SMILES string of the molecule is C=C(C)C1OCCC1C(=O)O. The Morgan fingerprint density at radius 2 is 2.36 bits per heavy atom. The lowest BCUT2D eigenvalue weighted by Gasteiger charge is -2.13.